The van der Waals surface area contributed by atoms with E-state index in [4.69, 9.17) is 14.2 Å². The predicted molar refractivity (Wildman–Crippen MR) is 125 cm³/mol. The molecular weight excluding hydrogens is 444 g/mol. The van der Waals surface area contributed by atoms with Gasteiger partial charge in [-0.1, -0.05) is 47.3 Å². The summed E-state index contributed by atoms with van der Waals surface area (Å²) in [6.07, 6.45) is 0. The van der Waals surface area contributed by atoms with Crippen molar-refractivity contribution in [3.05, 3.63) is 87.8 Å². The molecule has 0 radical (unpaired) electrons. The summed E-state index contributed by atoms with van der Waals surface area (Å²) in [4.78, 5) is 23.4. The number of thiophene rings is 1. The number of ether oxygens (including phenoxy) is 1. The second-order valence-electron chi connectivity index (χ2n) is 6.93. The Balaban J connectivity index is 1.46. The van der Waals surface area contributed by atoms with Crippen LogP contribution in [0.3, 0.4) is 0 Å². The molecule has 0 bridgehead atoms. The number of benzene rings is 2. The van der Waals surface area contributed by atoms with Crippen LogP contribution < -0.4 is 10.3 Å². The van der Waals surface area contributed by atoms with Gasteiger partial charge < -0.3 is 9.26 Å². The molecule has 7 nitrogen and oxygen atoms in total. The molecule has 0 amide bonds. The fraction of sp³-hybridized carbons (Fsp3) is 0.130. The van der Waals surface area contributed by atoms with Crippen LogP contribution in [0.4, 0.5) is 0 Å². The number of methoxy groups -OCH3 is 1. The second kappa shape index (κ2) is 8.97. The van der Waals surface area contributed by atoms with Gasteiger partial charge in [0, 0.05) is 0 Å². The highest BCUT2D eigenvalue weighted by atomic mass is 32.2. The Bertz CT molecular complexity index is 1410. The van der Waals surface area contributed by atoms with Gasteiger partial charge in [-0.25, -0.2) is 4.98 Å². The van der Waals surface area contributed by atoms with E-state index in [2.05, 4.69) is 10.1 Å². The zero-order valence-corrected chi connectivity index (χ0v) is 18.7. The monoisotopic (exact) mass is 462 g/mol. The lowest BCUT2D eigenvalue weighted by molar-refractivity contribution is 0.414. The molecule has 5 rings (SSSR count). The standard InChI is InChI=1S/C23H18N4O3S2/c1-29-16-10-8-15(9-11-16)13-27-22(28)17-5-2-3-6-18(17)24-23(27)32-14-20-25-21(30-26-20)19-7-4-12-31-19/h2-12H,13-14H2,1H3. The van der Waals surface area contributed by atoms with Crippen LogP contribution in [0.25, 0.3) is 21.7 Å². The highest BCUT2D eigenvalue weighted by molar-refractivity contribution is 7.98. The van der Waals surface area contributed by atoms with Crippen molar-refractivity contribution in [2.45, 2.75) is 17.5 Å². The van der Waals surface area contributed by atoms with E-state index in [0.29, 0.717) is 40.1 Å². The van der Waals surface area contributed by atoms with Gasteiger partial charge in [-0.2, -0.15) is 4.98 Å². The minimum Gasteiger partial charge on any atom is -0.497 e. The Morgan fingerprint density at radius 1 is 1.06 bits per heavy atom. The first-order valence-electron chi connectivity index (χ1n) is 9.83. The van der Waals surface area contributed by atoms with Crippen molar-refractivity contribution < 1.29 is 9.26 Å². The summed E-state index contributed by atoms with van der Waals surface area (Å²) < 4.78 is 12.3. The Labute approximate surface area is 191 Å². The van der Waals surface area contributed by atoms with E-state index in [1.807, 2.05) is 60.0 Å². The van der Waals surface area contributed by atoms with E-state index in [1.165, 1.54) is 11.8 Å². The molecule has 0 aliphatic rings. The average molecular weight is 463 g/mol. The van der Waals surface area contributed by atoms with Crippen molar-refractivity contribution in [1.29, 1.82) is 0 Å². The molecule has 2 aromatic carbocycles. The van der Waals surface area contributed by atoms with Crippen LogP contribution in [0.5, 0.6) is 5.75 Å². The molecule has 0 atom stereocenters. The summed E-state index contributed by atoms with van der Waals surface area (Å²) >= 11 is 2.96. The zero-order chi connectivity index (χ0) is 21.9. The Hall–Kier alpha value is -3.43. The lowest BCUT2D eigenvalue weighted by Gasteiger charge is -2.13. The van der Waals surface area contributed by atoms with Gasteiger partial charge in [-0.3, -0.25) is 9.36 Å². The van der Waals surface area contributed by atoms with E-state index in [-0.39, 0.29) is 5.56 Å². The summed E-state index contributed by atoms with van der Waals surface area (Å²) in [6.45, 7) is 0.398. The van der Waals surface area contributed by atoms with Crippen LogP contribution >= 0.6 is 23.1 Å². The molecule has 3 aromatic heterocycles. The number of hydrogen-bond acceptors (Lipinski definition) is 8. The Kier molecular flexibility index (Phi) is 5.74. The van der Waals surface area contributed by atoms with Gasteiger partial charge in [0.05, 0.1) is 35.2 Å². The molecule has 0 saturated carbocycles. The normalized spacial score (nSPS) is 11.2. The molecule has 0 aliphatic heterocycles. The fourth-order valence-corrected chi connectivity index (χ4v) is 4.74. The Morgan fingerprint density at radius 2 is 1.91 bits per heavy atom. The van der Waals surface area contributed by atoms with Crippen LogP contribution in [0.2, 0.25) is 0 Å². The largest absolute Gasteiger partial charge is 0.497 e. The SMILES string of the molecule is COc1ccc(Cn2c(SCc3noc(-c4cccs4)n3)nc3ccccc3c2=O)cc1. The van der Waals surface area contributed by atoms with E-state index in [9.17, 15) is 4.79 Å². The quantitative estimate of drug-likeness (QED) is 0.252. The highest BCUT2D eigenvalue weighted by Crippen LogP contribution is 2.26. The molecule has 0 aliphatic carbocycles. The van der Waals surface area contributed by atoms with Crippen molar-refractivity contribution in [2.24, 2.45) is 0 Å². The first-order chi connectivity index (χ1) is 15.7. The third kappa shape index (κ3) is 4.17. The van der Waals surface area contributed by atoms with Crippen molar-refractivity contribution in [3.63, 3.8) is 0 Å². The summed E-state index contributed by atoms with van der Waals surface area (Å²) in [5.41, 5.74) is 1.56. The minimum absolute atomic E-state index is 0.0821. The Morgan fingerprint density at radius 3 is 2.69 bits per heavy atom. The molecule has 32 heavy (non-hydrogen) atoms. The number of nitrogens with zero attached hydrogens (tertiary/aromatic N) is 4. The predicted octanol–water partition coefficient (Wildman–Crippen LogP) is 4.86. The van der Waals surface area contributed by atoms with Gasteiger partial charge in [0.15, 0.2) is 11.0 Å². The van der Waals surface area contributed by atoms with Gasteiger partial charge in [-0.15, -0.1) is 11.3 Å². The molecule has 3 heterocycles. The van der Waals surface area contributed by atoms with Crippen LogP contribution in [-0.2, 0) is 12.3 Å². The van der Waals surface area contributed by atoms with Crippen molar-refractivity contribution in [3.8, 4) is 16.5 Å². The van der Waals surface area contributed by atoms with Gasteiger partial charge >= 0.3 is 0 Å². The molecule has 0 fully saturated rings. The van der Waals surface area contributed by atoms with Gasteiger partial charge in [0.1, 0.15) is 5.75 Å². The van der Waals surface area contributed by atoms with Crippen molar-refractivity contribution in [2.75, 3.05) is 7.11 Å². The average Bonchev–Trinajstić information content (AvgIpc) is 3.52. The molecule has 5 aromatic rings. The maximum atomic E-state index is 13.3. The molecule has 0 N–H and O–H groups in total. The summed E-state index contributed by atoms with van der Waals surface area (Å²) in [5, 5.41) is 7.23. The first kappa shape index (κ1) is 20.5. The lowest BCUT2D eigenvalue weighted by Crippen LogP contribution is -2.24. The zero-order valence-electron chi connectivity index (χ0n) is 17.1. The molecule has 160 valence electrons. The van der Waals surface area contributed by atoms with E-state index < -0.39 is 0 Å². The van der Waals surface area contributed by atoms with Crippen molar-refractivity contribution >= 4 is 34.0 Å². The highest BCUT2D eigenvalue weighted by Gasteiger charge is 2.15. The number of thioether (sulfide) groups is 1. The smallest absolute Gasteiger partial charge is 0.268 e. The first-order valence-corrected chi connectivity index (χ1v) is 11.7. The molecule has 9 heteroatoms. The maximum absolute atomic E-state index is 13.3. The van der Waals surface area contributed by atoms with Crippen molar-refractivity contribution in [1.82, 2.24) is 19.7 Å². The number of aromatic nitrogens is 4. The summed E-state index contributed by atoms with van der Waals surface area (Å²) in [7, 11) is 1.63. The van der Waals surface area contributed by atoms with Gasteiger partial charge in [0.2, 0.25) is 0 Å². The number of para-hydroxylation sites is 1. The second-order valence-corrected chi connectivity index (χ2v) is 8.82. The third-order valence-electron chi connectivity index (χ3n) is 4.86. The minimum atomic E-state index is -0.0821. The maximum Gasteiger partial charge on any atom is 0.268 e. The summed E-state index contributed by atoms with van der Waals surface area (Å²) in [5.74, 6) is 2.25. The molecular formula is C23H18N4O3S2. The number of rotatable bonds is 7. The third-order valence-corrected chi connectivity index (χ3v) is 6.69. The number of hydrogen-bond donors (Lipinski definition) is 0. The molecule has 0 spiro atoms. The van der Waals surface area contributed by atoms with Crippen LogP contribution in [-0.4, -0.2) is 26.8 Å². The van der Waals surface area contributed by atoms with Crippen LogP contribution in [0.15, 0.2) is 80.5 Å². The van der Waals surface area contributed by atoms with Crippen LogP contribution in [0, 0.1) is 0 Å². The van der Waals surface area contributed by atoms with Gasteiger partial charge in [0.25, 0.3) is 11.4 Å². The topological polar surface area (TPSA) is 83.0 Å². The number of fused-ring (bicyclic) bond motifs is 1. The van der Waals surface area contributed by atoms with Crippen LogP contribution in [0.1, 0.15) is 11.4 Å². The van der Waals surface area contributed by atoms with E-state index >= 15 is 0 Å². The molecule has 0 saturated heterocycles. The summed E-state index contributed by atoms with van der Waals surface area (Å²) in [6, 6.07) is 18.9. The molecule has 0 unspecified atom stereocenters. The fourth-order valence-electron chi connectivity index (χ4n) is 3.25. The van der Waals surface area contributed by atoms with E-state index in [0.717, 1.165) is 16.2 Å². The van der Waals surface area contributed by atoms with E-state index in [1.54, 1.807) is 29.1 Å². The lowest BCUT2D eigenvalue weighted by atomic mass is 10.2. The van der Waals surface area contributed by atoms with Gasteiger partial charge in [-0.05, 0) is 41.3 Å².